The molecular weight excluding hydrogens is 246 g/mol. The Morgan fingerprint density at radius 1 is 1.50 bits per heavy atom. The molecule has 0 unspecified atom stereocenters. The first-order chi connectivity index (χ1) is 8.63. The highest BCUT2D eigenvalue weighted by Gasteiger charge is 2.27. The summed E-state index contributed by atoms with van der Waals surface area (Å²) < 4.78 is 0. The molecule has 1 amide bonds. The Morgan fingerprint density at radius 2 is 2.22 bits per heavy atom. The smallest absolute Gasteiger partial charge is 0.270 e. The maximum absolute atomic E-state index is 12.0. The molecule has 0 radical (unpaired) electrons. The second-order valence-corrected chi connectivity index (χ2v) is 6.33. The minimum atomic E-state index is -0.0715. The number of hydrogen-bond acceptors (Lipinski definition) is 4. The molecule has 0 saturated heterocycles. The number of thiazole rings is 1. The van der Waals surface area contributed by atoms with Gasteiger partial charge in [-0.2, -0.15) is 0 Å². The second kappa shape index (κ2) is 5.80. The van der Waals surface area contributed by atoms with Crippen LogP contribution in [-0.4, -0.2) is 17.4 Å². The van der Waals surface area contributed by atoms with E-state index in [1.165, 1.54) is 43.4 Å². The zero-order valence-electron chi connectivity index (χ0n) is 10.9. The van der Waals surface area contributed by atoms with Crippen molar-refractivity contribution in [3.63, 3.8) is 0 Å². The summed E-state index contributed by atoms with van der Waals surface area (Å²) in [5.74, 6) is -0.0715. The van der Waals surface area contributed by atoms with E-state index in [0.29, 0.717) is 12.2 Å². The number of rotatable bonds is 4. The maximum Gasteiger partial charge on any atom is 0.270 e. The second-order valence-electron chi connectivity index (χ2n) is 5.38. The molecule has 1 fully saturated rings. The zero-order chi connectivity index (χ0) is 13.0. The van der Waals surface area contributed by atoms with E-state index >= 15 is 0 Å². The summed E-state index contributed by atoms with van der Waals surface area (Å²) in [4.78, 5) is 16.1. The predicted octanol–water partition coefficient (Wildman–Crippen LogP) is 2.30. The van der Waals surface area contributed by atoms with E-state index in [0.717, 1.165) is 11.6 Å². The molecule has 1 aromatic heterocycles. The lowest BCUT2D eigenvalue weighted by Crippen LogP contribution is -2.37. The van der Waals surface area contributed by atoms with Gasteiger partial charge in [-0.25, -0.2) is 4.98 Å². The molecule has 0 aliphatic heterocycles. The first-order valence-electron chi connectivity index (χ1n) is 6.56. The predicted molar refractivity (Wildman–Crippen MR) is 73.5 cm³/mol. The molecule has 0 atom stereocenters. The molecule has 1 aliphatic rings. The number of nitrogens with one attached hydrogen (secondary N) is 1. The Morgan fingerprint density at radius 3 is 2.83 bits per heavy atom. The van der Waals surface area contributed by atoms with Crippen LogP contribution in [0.4, 0.5) is 0 Å². The fourth-order valence-electron chi connectivity index (χ4n) is 2.48. The Bertz CT molecular complexity index is 410. The molecule has 1 heterocycles. The van der Waals surface area contributed by atoms with Gasteiger partial charge >= 0.3 is 0 Å². The first kappa shape index (κ1) is 13.5. The number of aromatic nitrogens is 1. The molecule has 4 nitrogen and oxygen atoms in total. The van der Waals surface area contributed by atoms with Gasteiger partial charge in [-0.1, -0.05) is 26.2 Å². The van der Waals surface area contributed by atoms with Crippen LogP contribution in [-0.2, 0) is 6.54 Å². The van der Waals surface area contributed by atoms with Crippen LogP contribution in [0, 0.1) is 5.41 Å². The van der Waals surface area contributed by atoms with Crippen molar-refractivity contribution < 1.29 is 4.79 Å². The van der Waals surface area contributed by atoms with E-state index in [2.05, 4.69) is 17.2 Å². The summed E-state index contributed by atoms with van der Waals surface area (Å²) in [6, 6.07) is 0. The third-order valence-corrected chi connectivity index (χ3v) is 4.57. The van der Waals surface area contributed by atoms with Crippen molar-refractivity contribution in [2.24, 2.45) is 11.1 Å². The molecule has 0 aromatic carbocycles. The van der Waals surface area contributed by atoms with Crippen LogP contribution in [0.25, 0.3) is 0 Å². The third kappa shape index (κ3) is 3.29. The van der Waals surface area contributed by atoms with Crippen molar-refractivity contribution in [1.82, 2.24) is 10.3 Å². The highest BCUT2D eigenvalue weighted by molar-refractivity contribution is 7.09. The summed E-state index contributed by atoms with van der Waals surface area (Å²) >= 11 is 1.44. The van der Waals surface area contributed by atoms with Crippen molar-refractivity contribution in [2.45, 2.75) is 45.6 Å². The summed E-state index contributed by atoms with van der Waals surface area (Å²) in [5, 5.41) is 5.60. The monoisotopic (exact) mass is 267 g/mol. The largest absolute Gasteiger partial charge is 0.350 e. The number of carbonyl (C=O) groups excluding carboxylic acids is 1. The quantitative estimate of drug-likeness (QED) is 0.879. The lowest BCUT2D eigenvalue weighted by Gasteiger charge is -2.33. The van der Waals surface area contributed by atoms with Gasteiger partial charge in [0.2, 0.25) is 0 Å². The molecule has 0 bridgehead atoms. The average molecular weight is 267 g/mol. The molecule has 0 spiro atoms. The van der Waals surface area contributed by atoms with Crippen molar-refractivity contribution in [3.05, 3.63) is 16.1 Å². The van der Waals surface area contributed by atoms with Crippen LogP contribution in [0.3, 0.4) is 0 Å². The van der Waals surface area contributed by atoms with Gasteiger partial charge in [0.1, 0.15) is 10.7 Å². The van der Waals surface area contributed by atoms with Crippen LogP contribution in [0.2, 0.25) is 0 Å². The van der Waals surface area contributed by atoms with Crippen molar-refractivity contribution >= 4 is 17.2 Å². The number of carbonyl (C=O) groups is 1. The van der Waals surface area contributed by atoms with Gasteiger partial charge in [-0.05, 0) is 18.3 Å². The van der Waals surface area contributed by atoms with Crippen LogP contribution in [0.5, 0.6) is 0 Å². The summed E-state index contributed by atoms with van der Waals surface area (Å²) in [7, 11) is 0. The summed E-state index contributed by atoms with van der Waals surface area (Å²) in [6.45, 7) is 3.41. The van der Waals surface area contributed by atoms with E-state index in [-0.39, 0.29) is 11.3 Å². The minimum Gasteiger partial charge on any atom is -0.350 e. The van der Waals surface area contributed by atoms with Crippen LogP contribution >= 0.6 is 11.3 Å². The van der Waals surface area contributed by atoms with E-state index in [1.54, 1.807) is 5.38 Å². The SMILES string of the molecule is CC1(CNC(=O)c2csc(CN)n2)CCCCC1. The third-order valence-electron chi connectivity index (χ3n) is 3.70. The molecule has 1 aliphatic carbocycles. The lowest BCUT2D eigenvalue weighted by molar-refractivity contribution is 0.0914. The van der Waals surface area contributed by atoms with Gasteiger partial charge in [0, 0.05) is 18.5 Å². The molecule has 100 valence electrons. The van der Waals surface area contributed by atoms with E-state index in [9.17, 15) is 4.79 Å². The topological polar surface area (TPSA) is 68.0 Å². The molecule has 5 heteroatoms. The molecular formula is C13H21N3OS. The Kier molecular flexibility index (Phi) is 4.35. The maximum atomic E-state index is 12.0. The number of amides is 1. The van der Waals surface area contributed by atoms with Crippen LogP contribution in [0.15, 0.2) is 5.38 Å². The van der Waals surface area contributed by atoms with Gasteiger partial charge in [-0.15, -0.1) is 11.3 Å². The zero-order valence-corrected chi connectivity index (χ0v) is 11.7. The van der Waals surface area contributed by atoms with Gasteiger partial charge in [-0.3, -0.25) is 4.79 Å². The highest BCUT2D eigenvalue weighted by atomic mass is 32.1. The highest BCUT2D eigenvalue weighted by Crippen LogP contribution is 2.34. The first-order valence-corrected chi connectivity index (χ1v) is 7.44. The van der Waals surface area contributed by atoms with Gasteiger partial charge in [0.15, 0.2) is 0 Å². The minimum absolute atomic E-state index is 0.0715. The normalized spacial score (nSPS) is 18.6. The fourth-order valence-corrected chi connectivity index (χ4v) is 3.13. The molecule has 3 N–H and O–H groups in total. The van der Waals surface area contributed by atoms with Gasteiger partial charge < -0.3 is 11.1 Å². The molecule has 18 heavy (non-hydrogen) atoms. The van der Waals surface area contributed by atoms with Crippen molar-refractivity contribution in [3.8, 4) is 0 Å². The molecule has 1 saturated carbocycles. The standard InChI is InChI=1S/C13H21N3OS/c1-13(5-3-2-4-6-13)9-15-12(17)10-8-18-11(7-14)16-10/h8H,2-7,9,14H2,1H3,(H,15,17). The number of hydrogen-bond donors (Lipinski definition) is 2. The molecule has 1 aromatic rings. The van der Waals surface area contributed by atoms with Crippen molar-refractivity contribution in [2.75, 3.05) is 6.54 Å². The van der Waals surface area contributed by atoms with Gasteiger partial charge in [0.05, 0.1) is 0 Å². The summed E-state index contributed by atoms with van der Waals surface area (Å²) in [5.41, 5.74) is 6.26. The summed E-state index contributed by atoms with van der Waals surface area (Å²) in [6.07, 6.45) is 6.30. The fraction of sp³-hybridized carbons (Fsp3) is 0.692. The van der Waals surface area contributed by atoms with Crippen LogP contribution in [0.1, 0.15) is 54.5 Å². The van der Waals surface area contributed by atoms with Crippen LogP contribution < -0.4 is 11.1 Å². The number of nitrogens with two attached hydrogens (primary N) is 1. The average Bonchev–Trinajstić information content (AvgIpc) is 2.86. The van der Waals surface area contributed by atoms with E-state index in [1.807, 2.05) is 0 Å². The Labute approximate surface area is 112 Å². The number of nitrogens with zero attached hydrogens (tertiary/aromatic N) is 1. The van der Waals surface area contributed by atoms with E-state index in [4.69, 9.17) is 5.73 Å². The Hall–Kier alpha value is -0.940. The Balaban J connectivity index is 1.87. The van der Waals surface area contributed by atoms with Crippen molar-refractivity contribution in [1.29, 1.82) is 0 Å². The van der Waals surface area contributed by atoms with E-state index < -0.39 is 0 Å². The molecule has 2 rings (SSSR count). The lowest BCUT2D eigenvalue weighted by atomic mass is 9.76. The van der Waals surface area contributed by atoms with Gasteiger partial charge in [0.25, 0.3) is 5.91 Å².